The summed E-state index contributed by atoms with van der Waals surface area (Å²) < 4.78 is 10.9. The maximum Gasteiger partial charge on any atom is 0.231 e. The number of hydrogen-bond acceptors (Lipinski definition) is 3. The van der Waals surface area contributed by atoms with Crippen molar-refractivity contribution in [3.05, 3.63) is 23.3 Å². The lowest BCUT2D eigenvalue weighted by atomic mass is 9.92. The van der Waals surface area contributed by atoms with Gasteiger partial charge in [-0.15, -0.1) is 0 Å². The molecule has 3 heteroatoms. The summed E-state index contributed by atoms with van der Waals surface area (Å²) in [4.78, 5) is 0. The number of ether oxygens (including phenoxy) is 2. The zero-order valence-electron chi connectivity index (χ0n) is 9.99. The zero-order chi connectivity index (χ0) is 11.7. The molecule has 88 valence electrons. The molecule has 0 fully saturated rings. The predicted molar refractivity (Wildman–Crippen MR) is 62.0 cm³/mol. The fourth-order valence-corrected chi connectivity index (χ4v) is 2.16. The Morgan fingerprint density at radius 1 is 1.25 bits per heavy atom. The molecule has 1 aliphatic heterocycles. The van der Waals surface area contributed by atoms with E-state index in [9.17, 15) is 5.11 Å². The lowest BCUT2D eigenvalue weighted by molar-refractivity contribution is 0.173. The van der Waals surface area contributed by atoms with Crippen molar-refractivity contribution >= 4 is 0 Å². The summed E-state index contributed by atoms with van der Waals surface area (Å²) in [7, 11) is 0. The van der Waals surface area contributed by atoms with Crippen LogP contribution in [0, 0.1) is 0 Å². The molecule has 16 heavy (non-hydrogen) atoms. The summed E-state index contributed by atoms with van der Waals surface area (Å²) in [6.07, 6.45) is 0.322. The molecule has 1 N–H and O–H groups in total. The SMILES string of the molecule is CC(O)Cc1ccc2c(c1C(C)C)OCO2. The number of fused-ring (bicyclic) bond motifs is 1. The maximum atomic E-state index is 9.49. The number of aliphatic hydroxyl groups excluding tert-OH is 1. The Morgan fingerprint density at radius 3 is 2.62 bits per heavy atom. The van der Waals surface area contributed by atoms with Crippen LogP contribution in [0.25, 0.3) is 0 Å². The van der Waals surface area contributed by atoms with E-state index in [1.807, 2.05) is 12.1 Å². The second kappa shape index (κ2) is 4.34. The molecule has 0 spiro atoms. The summed E-state index contributed by atoms with van der Waals surface area (Å²) in [5.74, 6) is 2.04. The largest absolute Gasteiger partial charge is 0.454 e. The van der Waals surface area contributed by atoms with Gasteiger partial charge in [0.05, 0.1) is 6.10 Å². The summed E-state index contributed by atoms with van der Waals surface area (Å²) in [6.45, 7) is 6.35. The Hall–Kier alpha value is -1.22. The third kappa shape index (κ3) is 2.00. The van der Waals surface area contributed by atoms with E-state index >= 15 is 0 Å². The smallest absolute Gasteiger partial charge is 0.231 e. The van der Waals surface area contributed by atoms with Gasteiger partial charge in [-0.1, -0.05) is 19.9 Å². The first-order chi connectivity index (χ1) is 7.59. The van der Waals surface area contributed by atoms with Gasteiger partial charge in [0, 0.05) is 5.56 Å². The van der Waals surface area contributed by atoms with Crippen LogP contribution in [0.15, 0.2) is 12.1 Å². The van der Waals surface area contributed by atoms with Gasteiger partial charge in [0.25, 0.3) is 0 Å². The minimum atomic E-state index is -0.335. The van der Waals surface area contributed by atoms with Gasteiger partial charge < -0.3 is 14.6 Å². The molecule has 1 aliphatic rings. The molecule has 1 aromatic rings. The molecule has 0 amide bonds. The van der Waals surface area contributed by atoms with Crippen LogP contribution in [0.5, 0.6) is 11.5 Å². The molecule has 0 saturated heterocycles. The highest BCUT2D eigenvalue weighted by molar-refractivity contribution is 5.53. The van der Waals surface area contributed by atoms with Gasteiger partial charge in [0.2, 0.25) is 6.79 Å². The van der Waals surface area contributed by atoms with Gasteiger partial charge in [-0.3, -0.25) is 0 Å². The lowest BCUT2D eigenvalue weighted by Gasteiger charge is -2.16. The second-order valence-electron chi connectivity index (χ2n) is 4.58. The van der Waals surface area contributed by atoms with Gasteiger partial charge in [-0.05, 0) is 30.9 Å². The molecule has 1 unspecified atom stereocenters. The third-order valence-corrected chi connectivity index (χ3v) is 2.76. The fourth-order valence-electron chi connectivity index (χ4n) is 2.16. The van der Waals surface area contributed by atoms with Gasteiger partial charge in [0.1, 0.15) is 0 Å². The molecular weight excluding hydrogens is 204 g/mol. The Morgan fingerprint density at radius 2 is 2.00 bits per heavy atom. The van der Waals surface area contributed by atoms with Crippen molar-refractivity contribution in [2.24, 2.45) is 0 Å². The van der Waals surface area contributed by atoms with E-state index in [1.54, 1.807) is 6.92 Å². The number of hydrogen-bond donors (Lipinski definition) is 1. The quantitative estimate of drug-likeness (QED) is 0.853. The van der Waals surface area contributed by atoms with Crippen molar-refractivity contribution in [3.8, 4) is 11.5 Å². The van der Waals surface area contributed by atoms with Crippen molar-refractivity contribution in [1.29, 1.82) is 0 Å². The van der Waals surface area contributed by atoms with Crippen LogP contribution in [0.4, 0.5) is 0 Å². The molecule has 0 aromatic heterocycles. The number of benzene rings is 1. The molecule has 0 bridgehead atoms. The summed E-state index contributed by atoms with van der Waals surface area (Å²) in [6, 6.07) is 3.95. The molecule has 0 saturated carbocycles. The van der Waals surface area contributed by atoms with E-state index in [-0.39, 0.29) is 6.10 Å². The topological polar surface area (TPSA) is 38.7 Å². The van der Waals surface area contributed by atoms with E-state index < -0.39 is 0 Å². The van der Waals surface area contributed by atoms with Crippen molar-refractivity contribution < 1.29 is 14.6 Å². The first-order valence-corrected chi connectivity index (χ1v) is 5.69. The minimum Gasteiger partial charge on any atom is -0.454 e. The number of aliphatic hydroxyl groups is 1. The normalized spacial score (nSPS) is 15.6. The average Bonchev–Trinajstić information content (AvgIpc) is 2.63. The summed E-state index contributed by atoms with van der Waals surface area (Å²) in [5.41, 5.74) is 2.31. The van der Waals surface area contributed by atoms with E-state index in [2.05, 4.69) is 13.8 Å². The highest BCUT2D eigenvalue weighted by Gasteiger charge is 2.22. The Balaban J connectivity index is 2.45. The van der Waals surface area contributed by atoms with Crippen LogP contribution in [-0.2, 0) is 6.42 Å². The van der Waals surface area contributed by atoms with Crippen molar-refractivity contribution in [3.63, 3.8) is 0 Å². The highest BCUT2D eigenvalue weighted by Crippen LogP contribution is 2.41. The monoisotopic (exact) mass is 222 g/mol. The molecule has 0 aliphatic carbocycles. The van der Waals surface area contributed by atoms with E-state index in [4.69, 9.17) is 9.47 Å². The zero-order valence-corrected chi connectivity index (χ0v) is 9.99. The van der Waals surface area contributed by atoms with Gasteiger partial charge in [-0.25, -0.2) is 0 Å². The molecular formula is C13H18O3. The Kier molecular flexibility index (Phi) is 3.06. The summed E-state index contributed by atoms with van der Waals surface area (Å²) >= 11 is 0. The number of rotatable bonds is 3. The summed E-state index contributed by atoms with van der Waals surface area (Å²) in [5, 5.41) is 9.49. The van der Waals surface area contributed by atoms with Crippen LogP contribution in [0.3, 0.4) is 0 Å². The lowest BCUT2D eigenvalue weighted by Crippen LogP contribution is -2.08. The predicted octanol–water partition coefficient (Wildman–Crippen LogP) is 2.46. The molecule has 1 aromatic carbocycles. The van der Waals surface area contributed by atoms with Gasteiger partial charge in [0.15, 0.2) is 11.5 Å². The van der Waals surface area contributed by atoms with E-state index in [0.29, 0.717) is 19.1 Å². The van der Waals surface area contributed by atoms with Crippen LogP contribution in [0.1, 0.15) is 37.8 Å². The fraction of sp³-hybridized carbons (Fsp3) is 0.538. The molecule has 1 atom stereocenters. The van der Waals surface area contributed by atoms with Gasteiger partial charge >= 0.3 is 0 Å². The van der Waals surface area contributed by atoms with Crippen molar-refractivity contribution in [2.45, 2.75) is 39.2 Å². The highest BCUT2D eigenvalue weighted by atomic mass is 16.7. The van der Waals surface area contributed by atoms with Crippen LogP contribution in [0.2, 0.25) is 0 Å². The van der Waals surface area contributed by atoms with E-state index in [0.717, 1.165) is 22.6 Å². The second-order valence-corrected chi connectivity index (χ2v) is 4.58. The van der Waals surface area contributed by atoms with Crippen LogP contribution >= 0.6 is 0 Å². The Labute approximate surface area is 96.0 Å². The standard InChI is InChI=1S/C13H18O3/c1-8(2)12-10(6-9(3)14)4-5-11-13(12)16-7-15-11/h4-5,8-9,14H,6-7H2,1-3H3. The minimum absolute atomic E-state index is 0.299. The first-order valence-electron chi connectivity index (χ1n) is 5.69. The third-order valence-electron chi connectivity index (χ3n) is 2.76. The molecule has 0 radical (unpaired) electrons. The van der Waals surface area contributed by atoms with Crippen molar-refractivity contribution in [2.75, 3.05) is 6.79 Å². The first kappa shape index (κ1) is 11.3. The Bertz CT molecular complexity index is 383. The van der Waals surface area contributed by atoms with Gasteiger partial charge in [-0.2, -0.15) is 0 Å². The molecule has 2 rings (SSSR count). The molecule has 1 heterocycles. The van der Waals surface area contributed by atoms with E-state index in [1.165, 1.54) is 0 Å². The van der Waals surface area contributed by atoms with Crippen LogP contribution < -0.4 is 9.47 Å². The van der Waals surface area contributed by atoms with Crippen molar-refractivity contribution in [1.82, 2.24) is 0 Å². The van der Waals surface area contributed by atoms with Crippen LogP contribution in [-0.4, -0.2) is 18.0 Å². The molecule has 3 nitrogen and oxygen atoms in total. The maximum absolute atomic E-state index is 9.49. The average molecular weight is 222 g/mol.